The molecule has 0 bridgehead atoms. The van der Waals surface area contributed by atoms with Crippen molar-refractivity contribution in [2.24, 2.45) is 5.73 Å². The van der Waals surface area contributed by atoms with Crippen LogP contribution in [0.15, 0.2) is 24.3 Å². The number of allylic oxidation sites excluding steroid dienone is 3. The standard InChI is InChI=1S/C5H11N.C4H8/c1-2-3-4-5-6;1-3-4-2/h2-3H,4-6H2,1H3;3-4H,1-2H3/b3-2+;4-3-. The summed E-state index contributed by atoms with van der Waals surface area (Å²) in [6, 6.07) is 0. The topological polar surface area (TPSA) is 26.0 Å². The fourth-order valence-corrected chi connectivity index (χ4v) is 0.263. The Labute approximate surface area is 64.6 Å². The summed E-state index contributed by atoms with van der Waals surface area (Å²) in [5.41, 5.74) is 5.16. The van der Waals surface area contributed by atoms with Crippen molar-refractivity contribution in [1.29, 1.82) is 0 Å². The Morgan fingerprint density at radius 2 is 1.50 bits per heavy atom. The van der Waals surface area contributed by atoms with Crippen molar-refractivity contribution in [2.75, 3.05) is 6.54 Å². The summed E-state index contributed by atoms with van der Waals surface area (Å²) >= 11 is 0. The van der Waals surface area contributed by atoms with E-state index in [-0.39, 0.29) is 0 Å². The molecular weight excluding hydrogens is 122 g/mol. The van der Waals surface area contributed by atoms with E-state index in [9.17, 15) is 0 Å². The van der Waals surface area contributed by atoms with Crippen LogP contribution >= 0.6 is 0 Å². The van der Waals surface area contributed by atoms with Crippen LogP contribution in [0.1, 0.15) is 27.2 Å². The molecule has 0 aromatic heterocycles. The lowest BCUT2D eigenvalue weighted by Gasteiger charge is -1.77. The van der Waals surface area contributed by atoms with E-state index in [1.807, 2.05) is 39.0 Å². The SMILES string of the molecule is C/C=C/CCN.C/C=C\C. The van der Waals surface area contributed by atoms with Crippen LogP contribution in [-0.2, 0) is 0 Å². The van der Waals surface area contributed by atoms with Crippen LogP contribution in [0.4, 0.5) is 0 Å². The van der Waals surface area contributed by atoms with E-state index in [2.05, 4.69) is 6.08 Å². The molecule has 0 rings (SSSR count). The zero-order valence-electron chi connectivity index (χ0n) is 7.30. The van der Waals surface area contributed by atoms with Crippen molar-refractivity contribution >= 4 is 0 Å². The number of nitrogens with two attached hydrogens (primary N) is 1. The van der Waals surface area contributed by atoms with Gasteiger partial charge in [-0.2, -0.15) is 0 Å². The molecule has 0 unspecified atom stereocenters. The van der Waals surface area contributed by atoms with Crippen molar-refractivity contribution in [3.05, 3.63) is 24.3 Å². The molecule has 0 spiro atoms. The van der Waals surface area contributed by atoms with Crippen molar-refractivity contribution in [2.45, 2.75) is 27.2 Å². The molecule has 0 heterocycles. The van der Waals surface area contributed by atoms with Crippen LogP contribution in [0.25, 0.3) is 0 Å². The van der Waals surface area contributed by atoms with E-state index < -0.39 is 0 Å². The predicted molar refractivity (Wildman–Crippen MR) is 49.0 cm³/mol. The number of hydrogen-bond donors (Lipinski definition) is 1. The largest absolute Gasteiger partial charge is 0.330 e. The molecule has 0 aromatic rings. The minimum absolute atomic E-state index is 0.768. The smallest absolute Gasteiger partial charge is 0.00426 e. The van der Waals surface area contributed by atoms with Gasteiger partial charge in [0.2, 0.25) is 0 Å². The Hall–Kier alpha value is -0.560. The highest BCUT2D eigenvalue weighted by Crippen LogP contribution is 1.73. The molecule has 0 radical (unpaired) electrons. The van der Waals surface area contributed by atoms with E-state index in [0.717, 1.165) is 13.0 Å². The van der Waals surface area contributed by atoms with E-state index in [0.29, 0.717) is 0 Å². The van der Waals surface area contributed by atoms with Crippen LogP contribution in [-0.4, -0.2) is 6.54 Å². The maximum atomic E-state index is 5.16. The Balaban J connectivity index is 0. The molecule has 0 amide bonds. The highest BCUT2D eigenvalue weighted by atomic mass is 14.5. The quantitative estimate of drug-likeness (QED) is 0.587. The third-order valence-electron chi connectivity index (χ3n) is 0.902. The monoisotopic (exact) mass is 141 g/mol. The Bertz CT molecular complexity index is 78.7. The minimum Gasteiger partial charge on any atom is -0.330 e. The van der Waals surface area contributed by atoms with Crippen molar-refractivity contribution in [3.63, 3.8) is 0 Å². The molecule has 0 saturated heterocycles. The molecule has 1 nitrogen and oxygen atoms in total. The fourth-order valence-electron chi connectivity index (χ4n) is 0.263. The van der Waals surface area contributed by atoms with Gasteiger partial charge in [0.25, 0.3) is 0 Å². The molecule has 10 heavy (non-hydrogen) atoms. The maximum Gasteiger partial charge on any atom is -0.00426 e. The van der Waals surface area contributed by atoms with Crippen LogP contribution in [0.3, 0.4) is 0 Å². The third kappa shape index (κ3) is 26.1. The van der Waals surface area contributed by atoms with Crippen LogP contribution < -0.4 is 5.73 Å². The minimum atomic E-state index is 0.768. The Morgan fingerprint density at radius 3 is 1.60 bits per heavy atom. The van der Waals surface area contributed by atoms with E-state index in [1.165, 1.54) is 0 Å². The molecule has 0 saturated carbocycles. The van der Waals surface area contributed by atoms with Gasteiger partial charge in [-0.3, -0.25) is 0 Å². The van der Waals surface area contributed by atoms with E-state index >= 15 is 0 Å². The second-order valence-corrected chi connectivity index (χ2v) is 1.81. The van der Waals surface area contributed by atoms with Crippen LogP contribution in [0.5, 0.6) is 0 Å². The Morgan fingerprint density at radius 1 is 1.00 bits per heavy atom. The average Bonchev–Trinajstić information content (AvgIpc) is 2.01. The average molecular weight is 141 g/mol. The van der Waals surface area contributed by atoms with Crippen LogP contribution in [0.2, 0.25) is 0 Å². The molecule has 0 atom stereocenters. The normalized spacial score (nSPS) is 10.0. The first-order chi connectivity index (χ1) is 4.83. The lowest BCUT2D eigenvalue weighted by atomic mass is 10.4. The molecule has 60 valence electrons. The van der Waals surface area contributed by atoms with Crippen molar-refractivity contribution < 1.29 is 0 Å². The summed E-state index contributed by atoms with van der Waals surface area (Å²) in [5.74, 6) is 0. The first-order valence-electron chi connectivity index (χ1n) is 3.72. The molecule has 0 fully saturated rings. The summed E-state index contributed by atoms with van der Waals surface area (Å²) < 4.78 is 0. The highest BCUT2D eigenvalue weighted by molar-refractivity contribution is 4.76. The number of hydrogen-bond acceptors (Lipinski definition) is 1. The van der Waals surface area contributed by atoms with Gasteiger partial charge in [0.05, 0.1) is 0 Å². The lowest BCUT2D eigenvalue weighted by molar-refractivity contribution is 1.01. The summed E-state index contributed by atoms with van der Waals surface area (Å²) in [7, 11) is 0. The number of rotatable bonds is 2. The zero-order chi connectivity index (χ0) is 8.24. The van der Waals surface area contributed by atoms with Gasteiger partial charge in [-0.15, -0.1) is 0 Å². The predicted octanol–water partition coefficient (Wildman–Crippen LogP) is 2.49. The summed E-state index contributed by atoms with van der Waals surface area (Å²) in [4.78, 5) is 0. The maximum absolute atomic E-state index is 5.16. The molecular formula is C9H19N. The first kappa shape index (κ1) is 12.1. The zero-order valence-corrected chi connectivity index (χ0v) is 7.30. The van der Waals surface area contributed by atoms with Gasteiger partial charge in [-0.05, 0) is 33.7 Å². The van der Waals surface area contributed by atoms with Gasteiger partial charge in [0, 0.05) is 0 Å². The summed E-state index contributed by atoms with van der Waals surface area (Å²) in [6.45, 7) is 6.76. The van der Waals surface area contributed by atoms with Crippen molar-refractivity contribution in [3.8, 4) is 0 Å². The van der Waals surface area contributed by atoms with Crippen molar-refractivity contribution in [1.82, 2.24) is 0 Å². The van der Waals surface area contributed by atoms with Crippen LogP contribution in [0, 0.1) is 0 Å². The first-order valence-corrected chi connectivity index (χ1v) is 3.72. The molecule has 0 aromatic carbocycles. The van der Waals surface area contributed by atoms with Gasteiger partial charge in [0.15, 0.2) is 0 Å². The van der Waals surface area contributed by atoms with Gasteiger partial charge in [-0.1, -0.05) is 24.3 Å². The third-order valence-corrected chi connectivity index (χ3v) is 0.902. The molecule has 0 aliphatic carbocycles. The lowest BCUT2D eigenvalue weighted by Crippen LogP contribution is -1.94. The second kappa shape index (κ2) is 15.8. The fraction of sp³-hybridized carbons (Fsp3) is 0.556. The molecule has 0 aliphatic heterocycles. The van der Waals surface area contributed by atoms with Gasteiger partial charge in [-0.25, -0.2) is 0 Å². The second-order valence-electron chi connectivity index (χ2n) is 1.81. The molecule has 0 aliphatic rings. The molecule has 1 heteroatoms. The van der Waals surface area contributed by atoms with E-state index in [4.69, 9.17) is 5.73 Å². The molecule has 2 N–H and O–H groups in total. The summed E-state index contributed by atoms with van der Waals surface area (Å²) in [5, 5.41) is 0. The van der Waals surface area contributed by atoms with Gasteiger partial charge < -0.3 is 5.73 Å². The van der Waals surface area contributed by atoms with E-state index in [1.54, 1.807) is 0 Å². The van der Waals surface area contributed by atoms with Gasteiger partial charge in [0.1, 0.15) is 0 Å². The summed E-state index contributed by atoms with van der Waals surface area (Å²) in [6.07, 6.45) is 9.07. The Kier molecular flexibility index (Phi) is 19.2. The van der Waals surface area contributed by atoms with Gasteiger partial charge >= 0.3 is 0 Å². The highest BCUT2D eigenvalue weighted by Gasteiger charge is 1.64.